The second-order valence-corrected chi connectivity index (χ2v) is 6.58. The van der Waals surface area contributed by atoms with Crippen molar-refractivity contribution in [1.29, 1.82) is 0 Å². The molecular formula is C15H21Cl2N3. The van der Waals surface area contributed by atoms with Crippen LogP contribution in [0.4, 0.5) is 0 Å². The minimum atomic E-state index is 0.334. The maximum atomic E-state index is 6.30. The van der Waals surface area contributed by atoms with Crippen LogP contribution in [0.15, 0.2) is 18.2 Å². The molecule has 0 aromatic heterocycles. The number of halogens is 2. The number of hydrogen-bond donors (Lipinski definition) is 1. The van der Waals surface area contributed by atoms with Gasteiger partial charge in [0.15, 0.2) is 0 Å². The molecule has 0 aliphatic carbocycles. The number of piperazine rings is 1. The molecule has 5 heteroatoms. The van der Waals surface area contributed by atoms with Gasteiger partial charge in [0, 0.05) is 61.4 Å². The van der Waals surface area contributed by atoms with Gasteiger partial charge in [-0.15, -0.1) is 0 Å². The molecule has 20 heavy (non-hydrogen) atoms. The lowest BCUT2D eigenvalue weighted by atomic mass is 9.99. The van der Waals surface area contributed by atoms with Gasteiger partial charge in [-0.05, 0) is 30.7 Å². The SMILES string of the molecule is CC(c1cc(Cl)ccc1Cl)N1CC(N2CCNCC2)C1. The number of hydrogen-bond acceptors (Lipinski definition) is 3. The molecule has 1 N–H and O–H groups in total. The van der Waals surface area contributed by atoms with Crippen LogP contribution in [0.5, 0.6) is 0 Å². The van der Waals surface area contributed by atoms with E-state index in [1.165, 1.54) is 13.1 Å². The molecule has 3 rings (SSSR count). The molecule has 3 nitrogen and oxygen atoms in total. The molecule has 0 radical (unpaired) electrons. The summed E-state index contributed by atoms with van der Waals surface area (Å²) in [5, 5.41) is 4.98. The van der Waals surface area contributed by atoms with E-state index in [1.807, 2.05) is 18.2 Å². The van der Waals surface area contributed by atoms with Gasteiger partial charge in [0.25, 0.3) is 0 Å². The van der Waals surface area contributed by atoms with Crippen LogP contribution in [0, 0.1) is 0 Å². The van der Waals surface area contributed by atoms with Gasteiger partial charge >= 0.3 is 0 Å². The lowest BCUT2D eigenvalue weighted by Crippen LogP contribution is -2.62. The normalized spacial score (nSPS) is 23.6. The first-order chi connectivity index (χ1) is 9.65. The molecule has 0 amide bonds. The third-order valence-corrected chi connectivity index (χ3v) is 5.09. The van der Waals surface area contributed by atoms with Crippen molar-refractivity contribution in [3.8, 4) is 0 Å². The lowest BCUT2D eigenvalue weighted by Gasteiger charge is -2.49. The third kappa shape index (κ3) is 2.97. The van der Waals surface area contributed by atoms with Crippen molar-refractivity contribution < 1.29 is 0 Å². The Balaban J connectivity index is 1.60. The van der Waals surface area contributed by atoms with E-state index in [4.69, 9.17) is 23.2 Å². The Bertz CT molecular complexity index is 468. The summed E-state index contributed by atoms with van der Waals surface area (Å²) < 4.78 is 0. The molecule has 1 atom stereocenters. The molecule has 2 heterocycles. The van der Waals surface area contributed by atoms with Crippen LogP contribution in [0.2, 0.25) is 10.0 Å². The van der Waals surface area contributed by atoms with Crippen molar-refractivity contribution in [1.82, 2.24) is 15.1 Å². The maximum Gasteiger partial charge on any atom is 0.0454 e. The molecule has 2 fully saturated rings. The first kappa shape index (κ1) is 14.6. The molecule has 0 spiro atoms. The summed E-state index contributed by atoms with van der Waals surface area (Å²) in [5.74, 6) is 0. The number of likely N-dealkylation sites (tertiary alicyclic amines) is 1. The van der Waals surface area contributed by atoms with Crippen LogP contribution < -0.4 is 5.32 Å². The highest BCUT2D eigenvalue weighted by Gasteiger charge is 2.35. The molecule has 2 saturated heterocycles. The van der Waals surface area contributed by atoms with E-state index < -0.39 is 0 Å². The number of benzene rings is 1. The number of nitrogens with zero attached hydrogens (tertiary/aromatic N) is 2. The second kappa shape index (κ2) is 6.20. The summed E-state index contributed by atoms with van der Waals surface area (Å²) in [6, 6.07) is 6.77. The van der Waals surface area contributed by atoms with E-state index in [0.29, 0.717) is 12.1 Å². The van der Waals surface area contributed by atoms with Crippen LogP contribution in [-0.4, -0.2) is 55.1 Å². The Morgan fingerprint density at radius 2 is 1.90 bits per heavy atom. The van der Waals surface area contributed by atoms with Gasteiger partial charge in [-0.25, -0.2) is 0 Å². The third-order valence-electron chi connectivity index (χ3n) is 4.51. The largest absolute Gasteiger partial charge is 0.314 e. The fourth-order valence-electron chi connectivity index (χ4n) is 3.11. The molecule has 1 unspecified atom stereocenters. The van der Waals surface area contributed by atoms with Crippen molar-refractivity contribution in [3.63, 3.8) is 0 Å². The molecule has 0 bridgehead atoms. The summed E-state index contributed by atoms with van der Waals surface area (Å²) in [6.45, 7) is 9.05. The van der Waals surface area contributed by atoms with E-state index in [9.17, 15) is 0 Å². The summed E-state index contributed by atoms with van der Waals surface area (Å²) in [7, 11) is 0. The van der Waals surface area contributed by atoms with Crippen molar-refractivity contribution in [2.45, 2.75) is 19.0 Å². The zero-order valence-electron chi connectivity index (χ0n) is 11.8. The van der Waals surface area contributed by atoms with Crippen LogP contribution in [0.25, 0.3) is 0 Å². The van der Waals surface area contributed by atoms with Crippen LogP contribution in [0.1, 0.15) is 18.5 Å². The summed E-state index contributed by atoms with van der Waals surface area (Å²) in [5.41, 5.74) is 1.14. The topological polar surface area (TPSA) is 18.5 Å². The number of rotatable bonds is 3. The Morgan fingerprint density at radius 1 is 1.20 bits per heavy atom. The average Bonchev–Trinajstić information content (AvgIpc) is 2.41. The summed E-state index contributed by atoms with van der Waals surface area (Å²) >= 11 is 12.4. The Hall–Kier alpha value is -0.320. The first-order valence-electron chi connectivity index (χ1n) is 7.29. The zero-order chi connectivity index (χ0) is 14.1. The standard InChI is InChI=1S/C15H21Cl2N3/c1-11(14-8-12(16)2-3-15(14)17)20-9-13(10-20)19-6-4-18-5-7-19/h2-3,8,11,13,18H,4-7,9-10H2,1H3. The highest BCUT2D eigenvalue weighted by molar-refractivity contribution is 6.33. The second-order valence-electron chi connectivity index (χ2n) is 5.74. The summed E-state index contributed by atoms with van der Waals surface area (Å²) in [4.78, 5) is 5.07. The van der Waals surface area contributed by atoms with E-state index in [2.05, 4.69) is 22.0 Å². The maximum absolute atomic E-state index is 6.30. The van der Waals surface area contributed by atoms with Gasteiger partial charge in [0.05, 0.1) is 0 Å². The quantitative estimate of drug-likeness (QED) is 0.925. The Labute approximate surface area is 130 Å². The minimum absolute atomic E-state index is 0.334. The van der Waals surface area contributed by atoms with E-state index in [0.717, 1.165) is 41.8 Å². The van der Waals surface area contributed by atoms with Crippen molar-refractivity contribution in [2.75, 3.05) is 39.3 Å². The monoisotopic (exact) mass is 313 g/mol. The van der Waals surface area contributed by atoms with Crippen molar-refractivity contribution in [3.05, 3.63) is 33.8 Å². The van der Waals surface area contributed by atoms with E-state index in [-0.39, 0.29) is 0 Å². The fourth-order valence-corrected chi connectivity index (χ4v) is 3.57. The Kier molecular flexibility index (Phi) is 4.53. The van der Waals surface area contributed by atoms with E-state index >= 15 is 0 Å². The van der Waals surface area contributed by atoms with Crippen molar-refractivity contribution >= 4 is 23.2 Å². The highest BCUT2D eigenvalue weighted by Crippen LogP contribution is 2.33. The van der Waals surface area contributed by atoms with Gasteiger partial charge in [-0.2, -0.15) is 0 Å². The molecule has 0 saturated carbocycles. The molecule has 2 aliphatic heterocycles. The van der Waals surface area contributed by atoms with Crippen molar-refractivity contribution in [2.24, 2.45) is 0 Å². The molecule has 2 aliphatic rings. The highest BCUT2D eigenvalue weighted by atomic mass is 35.5. The van der Waals surface area contributed by atoms with Crippen LogP contribution in [0.3, 0.4) is 0 Å². The lowest BCUT2D eigenvalue weighted by molar-refractivity contribution is 0.00350. The van der Waals surface area contributed by atoms with Crippen LogP contribution >= 0.6 is 23.2 Å². The molecule has 1 aromatic carbocycles. The minimum Gasteiger partial charge on any atom is -0.314 e. The predicted molar refractivity (Wildman–Crippen MR) is 84.7 cm³/mol. The van der Waals surface area contributed by atoms with E-state index in [1.54, 1.807) is 0 Å². The molecular weight excluding hydrogens is 293 g/mol. The zero-order valence-corrected chi connectivity index (χ0v) is 13.3. The number of nitrogens with one attached hydrogen (secondary N) is 1. The fraction of sp³-hybridized carbons (Fsp3) is 0.600. The van der Waals surface area contributed by atoms with Gasteiger partial charge in [0.1, 0.15) is 0 Å². The molecule has 110 valence electrons. The van der Waals surface area contributed by atoms with Gasteiger partial charge in [-0.3, -0.25) is 9.80 Å². The smallest absolute Gasteiger partial charge is 0.0454 e. The molecule has 1 aromatic rings. The van der Waals surface area contributed by atoms with Gasteiger partial charge in [0.2, 0.25) is 0 Å². The Morgan fingerprint density at radius 3 is 2.60 bits per heavy atom. The average molecular weight is 314 g/mol. The van der Waals surface area contributed by atoms with Gasteiger partial charge in [-0.1, -0.05) is 23.2 Å². The van der Waals surface area contributed by atoms with Gasteiger partial charge < -0.3 is 5.32 Å². The summed E-state index contributed by atoms with van der Waals surface area (Å²) in [6.07, 6.45) is 0. The predicted octanol–water partition coefficient (Wildman–Crippen LogP) is 2.64. The van der Waals surface area contributed by atoms with Crippen LogP contribution in [-0.2, 0) is 0 Å². The first-order valence-corrected chi connectivity index (χ1v) is 8.04.